The summed E-state index contributed by atoms with van der Waals surface area (Å²) in [4.78, 5) is 2.52. The monoisotopic (exact) mass is 418 g/mol. The van der Waals surface area contributed by atoms with Crippen molar-refractivity contribution < 1.29 is 0 Å². The molecule has 0 nitrogen and oxygen atoms in total. The van der Waals surface area contributed by atoms with E-state index in [0.29, 0.717) is 32.0 Å². The molecule has 2 aliphatic carbocycles. The number of benzene rings is 1. The van der Waals surface area contributed by atoms with Crippen LogP contribution in [0.3, 0.4) is 0 Å². The van der Waals surface area contributed by atoms with Crippen molar-refractivity contribution in [2.75, 3.05) is 0 Å². The Kier molecular flexibility index (Phi) is 9.22. The predicted molar refractivity (Wildman–Crippen MR) is 136 cm³/mol. The molecule has 0 amide bonds. The molecule has 0 heterocycles. The molecule has 0 fully saturated rings. The van der Waals surface area contributed by atoms with Crippen LogP contribution in [-0.2, 0) is 5.41 Å². The van der Waals surface area contributed by atoms with Crippen LogP contribution in [0.25, 0.3) is 0 Å². The van der Waals surface area contributed by atoms with Crippen molar-refractivity contribution in [3.05, 3.63) is 58.7 Å². The standard InChI is InChI=1S/C28H40.CH3.Al/c1-5-7-9-11-15-19-28(18-14-10-8-6-2)25-17-13-12-16-24(25)27-23(4)20-22(3)21-26(27)28;;/h1,12-13,16-17,20-21,23,27H,5-11,14-15,18-19H2,2-4H3;1H3;. The number of hydrogen-bond acceptors (Lipinski definition) is 0. The van der Waals surface area contributed by atoms with Crippen LogP contribution in [0, 0.1) is 5.92 Å². The molecule has 162 valence electrons. The SMILES string of the molecule is CCCCCCC1(CCCCCC[CH]=[Al][CH3])C2=CC(C)=CC(C)C2c2ccccc21. The second kappa shape index (κ2) is 11.6. The van der Waals surface area contributed by atoms with Gasteiger partial charge in [0.05, 0.1) is 0 Å². The van der Waals surface area contributed by atoms with Crippen LogP contribution in [0.5, 0.6) is 0 Å². The normalized spacial score (nSPS) is 24.9. The third-order valence-electron chi connectivity index (χ3n) is 7.55. The van der Waals surface area contributed by atoms with Crippen LogP contribution in [0.15, 0.2) is 47.6 Å². The fraction of sp³-hybridized carbons (Fsp3) is 0.621. The molecule has 3 unspecified atom stereocenters. The van der Waals surface area contributed by atoms with Crippen molar-refractivity contribution >= 4 is 19.7 Å². The van der Waals surface area contributed by atoms with Crippen molar-refractivity contribution in [1.82, 2.24) is 0 Å². The molecular weight excluding hydrogens is 375 g/mol. The molecule has 1 heteroatoms. The molecule has 3 rings (SSSR count). The number of rotatable bonds is 12. The first-order valence-corrected chi connectivity index (χ1v) is 14.6. The van der Waals surface area contributed by atoms with Crippen molar-refractivity contribution in [2.45, 2.75) is 109 Å². The summed E-state index contributed by atoms with van der Waals surface area (Å²) in [5.41, 5.74) is 6.85. The first kappa shape index (κ1) is 23.8. The number of allylic oxidation sites excluding steroid dienone is 4. The molecule has 0 N–H and O–H groups in total. The zero-order valence-electron chi connectivity index (χ0n) is 20.1. The van der Waals surface area contributed by atoms with Gasteiger partial charge in [0.15, 0.2) is 0 Å². The molecule has 1 aromatic rings. The predicted octanol–water partition coefficient (Wildman–Crippen LogP) is 8.41. The van der Waals surface area contributed by atoms with Gasteiger partial charge in [-0.1, -0.05) is 13.3 Å². The van der Waals surface area contributed by atoms with E-state index in [1.54, 1.807) is 16.7 Å². The summed E-state index contributed by atoms with van der Waals surface area (Å²) in [6.45, 7) is 7.09. The molecule has 1 aromatic carbocycles. The summed E-state index contributed by atoms with van der Waals surface area (Å²) in [6, 6.07) is 9.49. The maximum atomic E-state index is 2.59. The zero-order chi connectivity index (χ0) is 21.4. The van der Waals surface area contributed by atoms with Gasteiger partial charge in [-0.15, -0.1) is 0 Å². The zero-order valence-corrected chi connectivity index (χ0v) is 21.2. The van der Waals surface area contributed by atoms with Gasteiger partial charge in [-0.05, 0) is 0 Å². The Morgan fingerprint density at radius 2 is 1.67 bits per heavy atom. The van der Waals surface area contributed by atoms with Crippen LogP contribution < -0.4 is 0 Å². The molecule has 3 atom stereocenters. The van der Waals surface area contributed by atoms with Gasteiger partial charge < -0.3 is 0 Å². The Hall–Kier alpha value is -0.898. The second-order valence-corrected chi connectivity index (χ2v) is 11.0. The van der Waals surface area contributed by atoms with Gasteiger partial charge >= 0.3 is 179 Å². The van der Waals surface area contributed by atoms with Gasteiger partial charge in [0.25, 0.3) is 0 Å². The van der Waals surface area contributed by atoms with E-state index in [1.165, 1.54) is 76.2 Å². The van der Waals surface area contributed by atoms with Crippen LogP contribution in [0.2, 0.25) is 5.79 Å². The molecule has 0 bridgehead atoms. The van der Waals surface area contributed by atoms with Crippen LogP contribution >= 0.6 is 0 Å². The molecule has 0 saturated heterocycles. The molecule has 0 aliphatic heterocycles. The van der Waals surface area contributed by atoms with Gasteiger partial charge in [-0.25, -0.2) is 0 Å². The molecule has 30 heavy (non-hydrogen) atoms. The Morgan fingerprint density at radius 3 is 2.40 bits per heavy atom. The van der Waals surface area contributed by atoms with Crippen LogP contribution in [0.1, 0.15) is 108 Å². The number of unbranched alkanes of at least 4 members (excludes halogenated alkanes) is 7. The Labute approximate surface area is 192 Å². The van der Waals surface area contributed by atoms with Crippen LogP contribution in [-0.4, -0.2) is 19.7 Å². The van der Waals surface area contributed by atoms with E-state index < -0.39 is 0 Å². The van der Waals surface area contributed by atoms with E-state index in [-0.39, 0.29) is 0 Å². The van der Waals surface area contributed by atoms with E-state index in [1.807, 2.05) is 0 Å². The number of fused-ring (bicyclic) bond motifs is 3. The van der Waals surface area contributed by atoms with Gasteiger partial charge in [0.2, 0.25) is 0 Å². The molecule has 0 saturated carbocycles. The van der Waals surface area contributed by atoms with Gasteiger partial charge in [0.1, 0.15) is 0 Å². The Morgan fingerprint density at radius 1 is 0.967 bits per heavy atom. The summed E-state index contributed by atoms with van der Waals surface area (Å²) >= 11 is 0.576. The maximum absolute atomic E-state index is 2.59. The van der Waals surface area contributed by atoms with E-state index in [2.05, 4.69) is 67.9 Å². The third kappa shape index (κ3) is 5.29. The summed E-state index contributed by atoms with van der Waals surface area (Å²) in [6.07, 6.45) is 20.2. The van der Waals surface area contributed by atoms with E-state index in [9.17, 15) is 0 Å². The average Bonchev–Trinajstić information content (AvgIpc) is 3.01. The third-order valence-corrected chi connectivity index (χ3v) is 8.36. The molecule has 0 radical (unpaired) electrons. The van der Waals surface area contributed by atoms with E-state index >= 15 is 0 Å². The minimum absolute atomic E-state index is 0.290. The van der Waals surface area contributed by atoms with E-state index in [4.69, 9.17) is 0 Å². The fourth-order valence-corrected chi connectivity index (χ4v) is 6.74. The topological polar surface area (TPSA) is 0 Å². The fourth-order valence-electron chi connectivity index (χ4n) is 6.17. The van der Waals surface area contributed by atoms with Gasteiger partial charge in [-0.3, -0.25) is 0 Å². The summed E-state index contributed by atoms with van der Waals surface area (Å²) in [5.74, 6) is 3.57. The second-order valence-electron chi connectivity index (χ2n) is 9.85. The molecular formula is C29H43Al. The van der Waals surface area contributed by atoms with Crippen molar-refractivity contribution in [2.24, 2.45) is 5.92 Å². The van der Waals surface area contributed by atoms with Gasteiger partial charge in [-0.2, -0.15) is 0 Å². The van der Waals surface area contributed by atoms with Crippen molar-refractivity contribution in [1.29, 1.82) is 0 Å². The van der Waals surface area contributed by atoms with Crippen molar-refractivity contribution in [3.8, 4) is 0 Å². The minimum atomic E-state index is 0.290. The van der Waals surface area contributed by atoms with Crippen LogP contribution in [0.4, 0.5) is 0 Å². The van der Waals surface area contributed by atoms with E-state index in [0.717, 1.165) is 0 Å². The van der Waals surface area contributed by atoms with Crippen molar-refractivity contribution in [3.63, 3.8) is 0 Å². The molecule has 2 aliphatic rings. The number of hydrogen-bond donors (Lipinski definition) is 0. The summed E-state index contributed by atoms with van der Waals surface area (Å²) < 4.78 is 0. The first-order valence-electron chi connectivity index (χ1n) is 12.7. The molecule has 0 spiro atoms. The first-order chi connectivity index (χ1) is 14.6. The quantitative estimate of drug-likeness (QED) is 0.236. The summed E-state index contributed by atoms with van der Waals surface area (Å²) in [7, 11) is 0. The Bertz CT molecular complexity index is 768. The Balaban J connectivity index is 1.84. The average molecular weight is 419 g/mol. The van der Waals surface area contributed by atoms with Gasteiger partial charge in [0, 0.05) is 0 Å². The summed E-state index contributed by atoms with van der Waals surface area (Å²) in [5, 5.41) is 0. The molecule has 0 aromatic heterocycles.